The van der Waals surface area contributed by atoms with E-state index in [1.807, 2.05) is 0 Å². The number of carbonyl (C=O) groups is 1. The van der Waals surface area contributed by atoms with Gasteiger partial charge in [0.1, 0.15) is 23.5 Å². The summed E-state index contributed by atoms with van der Waals surface area (Å²) in [6.45, 7) is 1.71. The topological polar surface area (TPSA) is 92.9 Å². The van der Waals surface area contributed by atoms with E-state index in [2.05, 4.69) is 20.6 Å². The molecule has 1 saturated carbocycles. The molecule has 1 atom stereocenters. The summed E-state index contributed by atoms with van der Waals surface area (Å²) in [5, 5.41) is 5.96. The van der Waals surface area contributed by atoms with Crippen molar-refractivity contribution in [3.05, 3.63) is 11.9 Å². The molecule has 0 saturated heterocycles. The monoisotopic (exact) mass is 235 g/mol. The number of rotatable bonds is 5. The van der Waals surface area contributed by atoms with Crippen molar-refractivity contribution in [3.63, 3.8) is 0 Å². The second-order valence-corrected chi connectivity index (χ2v) is 4.29. The first kappa shape index (κ1) is 11.6. The summed E-state index contributed by atoms with van der Waals surface area (Å²) >= 11 is 0. The zero-order valence-corrected chi connectivity index (χ0v) is 10.0. The van der Waals surface area contributed by atoms with E-state index >= 15 is 0 Å². The molecule has 0 aromatic carbocycles. The van der Waals surface area contributed by atoms with Gasteiger partial charge in [-0.05, 0) is 19.8 Å². The summed E-state index contributed by atoms with van der Waals surface area (Å²) in [6, 6.07) is 1.33. The lowest BCUT2D eigenvalue weighted by atomic mass is 10.3. The zero-order chi connectivity index (χ0) is 12.4. The molecule has 0 aliphatic heterocycles. The molecule has 2 rings (SSSR count). The highest BCUT2D eigenvalue weighted by Gasteiger charge is 2.27. The Balaban J connectivity index is 2.20. The third-order valence-corrected chi connectivity index (χ3v) is 2.73. The number of hydrogen-bond donors (Lipinski definition) is 3. The molecule has 0 bridgehead atoms. The van der Waals surface area contributed by atoms with Gasteiger partial charge in [-0.25, -0.2) is 9.97 Å². The van der Waals surface area contributed by atoms with E-state index in [9.17, 15) is 4.79 Å². The fourth-order valence-electron chi connectivity index (χ4n) is 1.48. The van der Waals surface area contributed by atoms with Crippen molar-refractivity contribution in [1.82, 2.24) is 9.97 Å². The van der Waals surface area contributed by atoms with E-state index in [0.29, 0.717) is 11.7 Å². The van der Waals surface area contributed by atoms with Crippen molar-refractivity contribution >= 4 is 17.5 Å². The molecule has 1 aromatic rings. The van der Waals surface area contributed by atoms with Crippen LogP contribution in [0.3, 0.4) is 0 Å². The van der Waals surface area contributed by atoms with Gasteiger partial charge in [-0.3, -0.25) is 4.79 Å². The molecule has 92 valence electrons. The highest BCUT2D eigenvalue weighted by Crippen LogP contribution is 2.38. The first-order valence-corrected chi connectivity index (χ1v) is 5.72. The van der Waals surface area contributed by atoms with Gasteiger partial charge >= 0.3 is 0 Å². The van der Waals surface area contributed by atoms with Crippen LogP contribution in [0, 0.1) is 0 Å². The fourth-order valence-corrected chi connectivity index (χ4v) is 1.48. The molecule has 4 N–H and O–H groups in total. The fraction of sp³-hybridized carbons (Fsp3) is 0.545. The average Bonchev–Trinajstić information content (AvgIpc) is 3.12. The molecule has 1 fully saturated rings. The SMILES string of the molecule is CNc1cc(NC(C)C(N)=O)nc(C2CC2)n1. The molecule has 1 aliphatic carbocycles. The quantitative estimate of drug-likeness (QED) is 0.698. The Hall–Kier alpha value is -1.85. The van der Waals surface area contributed by atoms with Crippen LogP contribution in [0.2, 0.25) is 0 Å². The number of nitrogens with two attached hydrogens (primary N) is 1. The first-order valence-electron chi connectivity index (χ1n) is 5.72. The predicted octanol–water partition coefficient (Wildman–Crippen LogP) is 0.681. The molecule has 1 aromatic heterocycles. The smallest absolute Gasteiger partial charge is 0.239 e. The van der Waals surface area contributed by atoms with Crippen LogP contribution in [0.4, 0.5) is 11.6 Å². The molecule has 17 heavy (non-hydrogen) atoms. The van der Waals surface area contributed by atoms with E-state index < -0.39 is 11.9 Å². The van der Waals surface area contributed by atoms with Gasteiger partial charge in [-0.1, -0.05) is 0 Å². The molecule has 1 heterocycles. The predicted molar refractivity (Wildman–Crippen MR) is 65.8 cm³/mol. The number of nitrogens with one attached hydrogen (secondary N) is 2. The van der Waals surface area contributed by atoms with Gasteiger partial charge in [0.2, 0.25) is 5.91 Å². The van der Waals surface area contributed by atoms with Crippen LogP contribution in [0.25, 0.3) is 0 Å². The Kier molecular flexibility index (Phi) is 3.12. The van der Waals surface area contributed by atoms with Crippen molar-refractivity contribution in [2.75, 3.05) is 17.7 Å². The highest BCUT2D eigenvalue weighted by molar-refractivity contribution is 5.82. The molecular weight excluding hydrogens is 218 g/mol. The normalized spacial score (nSPS) is 16.4. The Morgan fingerprint density at radius 2 is 2.12 bits per heavy atom. The van der Waals surface area contributed by atoms with Gasteiger partial charge in [0.05, 0.1) is 0 Å². The van der Waals surface area contributed by atoms with E-state index in [1.54, 1.807) is 20.0 Å². The maximum Gasteiger partial charge on any atom is 0.239 e. The molecule has 0 spiro atoms. The van der Waals surface area contributed by atoms with Crippen molar-refractivity contribution in [2.24, 2.45) is 5.73 Å². The third-order valence-electron chi connectivity index (χ3n) is 2.73. The van der Waals surface area contributed by atoms with Crippen LogP contribution in [0.5, 0.6) is 0 Å². The highest BCUT2D eigenvalue weighted by atomic mass is 16.1. The number of primary amides is 1. The van der Waals surface area contributed by atoms with E-state index in [-0.39, 0.29) is 0 Å². The number of hydrogen-bond acceptors (Lipinski definition) is 5. The standard InChI is InChI=1S/C11H17N5O/c1-6(10(12)17)14-9-5-8(13-2)15-11(16-9)7-3-4-7/h5-7H,3-4H2,1-2H3,(H2,12,17)(H2,13,14,15,16). The Bertz CT molecular complexity index is 430. The Labute approximate surface area is 100 Å². The molecule has 1 amide bonds. The minimum atomic E-state index is -0.443. The van der Waals surface area contributed by atoms with Gasteiger partial charge < -0.3 is 16.4 Å². The molecule has 1 aliphatic rings. The van der Waals surface area contributed by atoms with Crippen LogP contribution in [-0.4, -0.2) is 29.0 Å². The molecule has 6 nitrogen and oxygen atoms in total. The van der Waals surface area contributed by atoms with Crippen molar-refractivity contribution < 1.29 is 4.79 Å². The van der Waals surface area contributed by atoms with Gasteiger partial charge in [-0.2, -0.15) is 0 Å². The lowest BCUT2D eigenvalue weighted by Gasteiger charge is -2.12. The van der Waals surface area contributed by atoms with E-state index in [0.717, 1.165) is 24.5 Å². The Morgan fingerprint density at radius 3 is 2.65 bits per heavy atom. The number of amides is 1. The summed E-state index contributed by atoms with van der Waals surface area (Å²) in [6.07, 6.45) is 2.27. The summed E-state index contributed by atoms with van der Waals surface area (Å²) < 4.78 is 0. The first-order chi connectivity index (χ1) is 8.10. The lowest BCUT2D eigenvalue weighted by molar-refractivity contribution is -0.118. The molecule has 6 heteroatoms. The second kappa shape index (κ2) is 4.57. The lowest BCUT2D eigenvalue weighted by Crippen LogP contribution is -2.32. The number of carbonyl (C=O) groups excluding carboxylic acids is 1. The van der Waals surface area contributed by atoms with Gasteiger partial charge in [0.15, 0.2) is 0 Å². The number of aromatic nitrogens is 2. The second-order valence-electron chi connectivity index (χ2n) is 4.29. The molecular formula is C11H17N5O. The van der Waals surface area contributed by atoms with Gasteiger partial charge in [0.25, 0.3) is 0 Å². The van der Waals surface area contributed by atoms with E-state index in [4.69, 9.17) is 5.73 Å². The van der Waals surface area contributed by atoms with Crippen LogP contribution in [0.1, 0.15) is 31.5 Å². The van der Waals surface area contributed by atoms with Crippen molar-refractivity contribution in [2.45, 2.75) is 31.7 Å². The van der Waals surface area contributed by atoms with Crippen LogP contribution >= 0.6 is 0 Å². The minimum absolute atomic E-state index is 0.400. The van der Waals surface area contributed by atoms with E-state index in [1.165, 1.54) is 0 Å². The summed E-state index contributed by atoms with van der Waals surface area (Å²) in [7, 11) is 1.81. The molecule has 0 radical (unpaired) electrons. The number of anilines is 2. The van der Waals surface area contributed by atoms with Crippen molar-refractivity contribution in [3.8, 4) is 0 Å². The summed E-state index contributed by atoms with van der Waals surface area (Å²) in [5.74, 6) is 2.28. The van der Waals surface area contributed by atoms with Crippen LogP contribution < -0.4 is 16.4 Å². The third kappa shape index (κ3) is 2.83. The van der Waals surface area contributed by atoms with Crippen LogP contribution in [0.15, 0.2) is 6.07 Å². The molecule has 1 unspecified atom stereocenters. The van der Waals surface area contributed by atoms with Gasteiger partial charge in [0, 0.05) is 19.0 Å². The van der Waals surface area contributed by atoms with Crippen LogP contribution in [-0.2, 0) is 4.79 Å². The summed E-state index contributed by atoms with van der Waals surface area (Å²) in [5.41, 5.74) is 5.20. The maximum absolute atomic E-state index is 11.0. The van der Waals surface area contributed by atoms with Gasteiger partial charge in [-0.15, -0.1) is 0 Å². The van der Waals surface area contributed by atoms with Crippen molar-refractivity contribution in [1.29, 1.82) is 0 Å². The largest absolute Gasteiger partial charge is 0.373 e. The number of nitrogens with zero attached hydrogens (tertiary/aromatic N) is 2. The Morgan fingerprint density at radius 1 is 1.47 bits per heavy atom. The minimum Gasteiger partial charge on any atom is -0.373 e. The summed E-state index contributed by atoms with van der Waals surface area (Å²) in [4.78, 5) is 19.8. The average molecular weight is 235 g/mol. The maximum atomic E-state index is 11.0. The zero-order valence-electron chi connectivity index (χ0n) is 10.0.